The second-order valence-electron chi connectivity index (χ2n) is 5.30. The van der Waals surface area contributed by atoms with Crippen molar-refractivity contribution in [2.75, 3.05) is 26.2 Å². The predicted octanol–water partition coefficient (Wildman–Crippen LogP) is 3.07. The van der Waals surface area contributed by atoms with E-state index >= 15 is 0 Å². The van der Waals surface area contributed by atoms with E-state index in [1.54, 1.807) is 11.0 Å². The van der Waals surface area contributed by atoms with Gasteiger partial charge in [0.1, 0.15) is 5.82 Å². The van der Waals surface area contributed by atoms with Crippen LogP contribution < -0.4 is 0 Å². The zero-order chi connectivity index (χ0) is 15.8. The Balaban J connectivity index is 2.66. The quantitative estimate of drug-likeness (QED) is 0.688. The summed E-state index contributed by atoms with van der Waals surface area (Å²) < 4.78 is 13.2. The molecule has 0 N–H and O–H groups in total. The Morgan fingerprint density at radius 2 is 1.95 bits per heavy atom. The van der Waals surface area contributed by atoms with Crippen LogP contribution in [0.5, 0.6) is 0 Å². The molecule has 3 nitrogen and oxygen atoms in total. The Kier molecular flexibility index (Phi) is 7.09. The number of hydrogen-bond acceptors (Lipinski definition) is 2. The Morgan fingerprint density at radius 3 is 2.48 bits per heavy atom. The minimum absolute atomic E-state index is 0.0601. The van der Waals surface area contributed by atoms with Crippen LogP contribution in [0.3, 0.4) is 0 Å². The van der Waals surface area contributed by atoms with Crippen molar-refractivity contribution >= 4 is 5.91 Å². The number of rotatable bonds is 8. The Hall–Kier alpha value is -1.68. The van der Waals surface area contributed by atoms with Crippen LogP contribution in [-0.2, 0) is 11.3 Å². The highest BCUT2D eigenvalue weighted by Crippen LogP contribution is 2.08. The first-order chi connectivity index (χ1) is 9.96. The van der Waals surface area contributed by atoms with E-state index < -0.39 is 0 Å². The van der Waals surface area contributed by atoms with E-state index in [-0.39, 0.29) is 11.7 Å². The zero-order valence-electron chi connectivity index (χ0n) is 13.2. The summed E-state index contributed by atoms with van der Waals surface area (Å²) in [5.41, 5.74) is 1.85. The molecular formula is C17H25FN2O. The van der Waals surface area contributed by atoms with Crippen molar-refractivity contribution in [1.29, 1.82) is 0 Å². The highest BCUT2D eigenvalue weighted by Gasteiger charge is 2.15. The van der Waals surface area contributed by atoms with Crippen LogP contribution in [0.2, 0.25) is 0 Å². The van der Waals surface area contributed by atoms with Crippen molar-refractivity contribution in [2.45, 2.75) is 27.3 Å². The number of benzene rings is 1. The van der Waals surface area contributed by atoms with Gasteiger partial charge in [0.25, 0.3) is 0 Å². The summed E-state index contributed by atoms with van der Waals surface area (Å²) in [5.74, 6) is -0.210. The molecule has 1 aromatic carbocycles. The van der Waals surface area contributed by atoms with E-state index in [0.29, 0.717) is 19.6 Å². The number of amides is 1. The average Bonchev–Trinajstić information content (AvgIpc) is 2.43. The van der Waals surface area contributed by atoms with Gasteiger partial charge in [-0.05, 0) is 38.1 Å². The molecule has 0 spiro atoms. The van der Waals surface area contributed by atoms with Crippen molar-refractivity contribution < 1.29 is 9.18 Å². The van der Waals surface area contributed by atoms with Crippen molar-refractivity contribution in [3.8, 4) is 0 Å². The van der Waals surface area contributed by atoms with E-state index in [2.05, 4.69) is 11.5 Å². The van der Waals surface area contributed by atoms with Crippen LogP contribution in [0.1, 0.15) is 26.3 Å². The molecule has 0 aliphatic heterocycles. The third-order valence-corrected chi connectivity index (χ3v) is 3.30. The standard InChI is InChI=1S/C17H25FN2O/c1-5-19(11-14(3)4)13-17(21)20(6-2)12-15-8-7-9-16(18)10-15/h7-10H,3,5-6,11-13H2,1-2,4H3. The monoisotopic (exact) mass is 292 g/mol. The van der Waals surface area contributed by atoms with E-state index in [1.807, 2.05) is 26.8 Å². The number of nitrogens with zero attached hydrogens (tertiary/aromatic N) is 2. The van der Waals surface area contributed by atoms with Gasteiger partial charge >= 0.3 is 0 Å². The minimum Gasteiger partial charge on any atom is -0.338 e. The average molecular weight is 292 g/mol. The summed E-state index contributed by atoms with van der Waals surface area (Å²) in [4.78, 5) is 16.2. The van der Waals surface area contributed by atoms with Gasteiger partial charge in [-0.25, -0.2) is 4.39 Å². The summed E-state index contributed by atoms with van der Waals surface area (Å²) >= 11 is 0. The first-order valence-corrected chi connectivity index (χ1v) is 7.35. The minimum atomic E-state index is -0.270. The van der Waals surface area contributed by atoms with Crippen molar-refractivity contribution in [3.63, 3.8) is 0 Å². The third kappa shape index (κ3) is 6.08. The highest BCUT2D eigenvalue weighted by atomic mass is 19.1. The molecule has 0 radical (unpaired) electrons. The predicted molar refractivity (Wildman–Crippen MR) is 84.4 cm³/mol. The van der Waals surface area contributed by atoms with Gasteiger partial charge in [0, 0.05) is 19.6 Å². The van der Waals surface area contributed by atoms with Gasteiger partial charge in [0.2, 0.25) is 5.91 Å². The molecule has 0 aromatic heterocycles. The largest absolute Gasteiger partial charge is 0.338 e. The van der Waals surface area contributed by atoms with Crippen molar-refractivity contribution in [2.24, 2.45) is 0 Å². The van der Waals surface area contributed by atoms with Gasteiger partial charge in [0.05, 0.1) is 6.54 Å². The first-order valence-electron chi connectivity index (χ1n) is 7.35. The fourth-order valence-electron chi connectivity index (χ4n) is 2.18. The lowest BCUT2D eigenvalue weighted by atomic mass is 10.2. The number of hydrogen-bond donors (Lipinski definition) is 0. The molecule has 1 aromatic rings. The Labute approximate surface area is 127 Å². The van der Waals surface area contributed by atoms with Crippen molar-refractivity contribution in [3.05, 3.63) is 47.8 Å². The second kappa shape index (κ2) is 8.57. The fourth-order valence-corrected chi connectivity index (χ4v) is 2.18. The molecule has 1 amide bonds. The molecule has 1 rings (SSSR count). The zero-order valence-corrected chi connectivity index (χ0v) is 13.2. The molecule has 0 saturated carbocycles. The van der Waals surface area contributed by atoms with Crippen LogP contribution in [0.4, 0.5) is 4.39 Å². The van der Waals surface area contributed by atoms with E-state index in [4.69, 9.17) is 0 Å². The number of likely N-dealkylation sites (N-methyl/N-ethyl adjacent to an activating group) is 2. The molecule has 0 fully saturated rings. The van der Waals surface area contributed by atoms with Crippen molar-refractivity contribution in [1.82, 2.24) is 9.80 Å². The lowest BCUT2D eigenvalue weighted by molar-refractivity contribution is -0.132. The molecule has 0 heterocycles. The van der Waals surface area contributed by atoms with Crippen LogP contribution in [-0.4, -0.2) is 41.9 Å². The molecular weight excluding hydrogens is 267 g/mol. The van der Waals surface area contributed by atoms with E-state index in [9.17, 15) is 9.18 Å². The first kappa shape index (κ1) is 17.4. The topological polar surface area (TPSA) is 23.6 Å². The molecule has 0 unspecified atom stereocenters. The van der Waals surface area contributed by atoms with Crippen LogP contribution in [0.15, 0.2) is 36.4 Å². The summed E-state index contributed by atoms with van der Waals surface area (Å²) in [6.45, 7) is 12.7. The number of carbonyl (C=O) groups is 1. The maximum atomic E-state index is 13.2. The SMILES string of the molecule is C=C(C)CN(CC)CC(=O)N(CC)Cc1cccc(F)c1. The molecule has 0 aliphatic carbocycles. The van der Waals surface area contributed by atoms with Crippen LogP contribution in [0, 0.1) is 5.82 Å². The summed E-state index contributed by atoms with van der Waals surface area (Å²) in [6.07, 6.45) is 0. The fraction of sp³-hybridized carbons (Fsp3) is 0.471. The second-order valence-corrected chi connectivity index (χ2v) is 5.30. The molecule has 0 atom stereocenters. The number of halogens is 1. The van der Waals surface area contributed by atoms with E-state index in [1.165, 1.54) is 12.1 Å². The summed E-state index contributed by atoms with van der Waals surface area (Å²) in [5, 5.41) is 0. The highest BCUT2D eigenvalue weighted by molar-refractivity contribution is 5.78. The van der Waals surface area contributed by atoms with Crippen LogP contribution in [0.25, 0.3) is 0 Å². The summed E-state index contributed by atoms with van der Waals surface area (Å²) in [7, 11) is 0. The lowest BCUT2D eigenvalue weighted by Crippen LogP contribution is -2.40. The number of carbonyl (C=O) groups excluding carboxylic acids is 1. The van der Waals surface area contributed by atoms with Crippen LogP contribution >= 0.6 is 0 Å². The maximum Gasteiger partial charge on any atom is 0.237 e. The molecule has 116 valence electrons. The Morgan fingerprint density at radius 1 is 1.24 bits per heavy atom. The maximum absolute atomic E-state index is 13.2. The van der Waals surface area contributed by atoms with Gasteiger partial charge in [-0.1, -0.05) is 31.2 Å². The van der Waals surface area contributed by atoms with Gasteiger partial charge in [0.15, 0.2) is 0 Å². The third-order valence-electron chi connectivity index (χ3n) is 3.30. The molecule has 0 bridgehead atoms. The van der Waals surface area contributed by atoms with Gasteiger partial charge in [-0.15, -0.1) is 0 Å². The summed E-state index contributed by atoms with van der Waals surface area (Å²) in [6, 6.07) is 6.39. The Bertz CT molecular complexity index is 487. The molecule has 0 saturated heterocycles. The normalized spacial score (nSPS) is 10.7. The smallest absolute Gasteiger partial charge is 0.237 e. The molecule has 21 heavy (non-hydrogen) atoms. The van der Waals surface area contributed by atoms with Gasteiger partial charge < -0.3 is 4.90 Å². The van der Waals surface area contributed by atoms with E-state index in [0.717, 1.165) is 24.2 Å². The molecule has 0 aliphatic rings. The lowest BCUT2D eigenvalue weighted by Gasteiger charge is -2.26. The molecule has 4 heteroatoms. The van der Waals surface area contributed by atoms with Gasteiger partial charge in [-0.3, -0.25) is 9.69 Å². The van der Waals surface area contributed by atoms with Gasteiger partial charge in [-0.2, -0.15) is 0 Å².